The standard InChI is InChI=1S/C18H24NOP/c1-15(16-11-7-5-8-12-16)19-21(20,18(2,3)4)17-13-9-6-10-14-17/h5-15H,1-4H3,(H,19,20)/t15-,21?/m0/s1. The molecule has 2 aromatic rings. The van der Waals surface area contributed by atoms with Crippen LogP contribution in [0.5, 0.6) is 0 Å². The van der Waals surface area contributed by atoms with E-state index in [-0.39, 0.29) is 11.2 Å². The number of benzene rings is 2. The largest absolute Gasteiger partial charge is 0.301 e. The fourth-order valence-electron chi connectivity index (χ4n) is 2.38. The monoisotopic (exact) mass is 301 g/mol. The van der Waals surface area contributed by atoms with Gasteiger partial charge >= 0.3 is 0 Å². The SMILES string of the molecule is C[C@H](NP(=O)(c1ccccc1)C(C)(C)C)c1ccccc1. The van der Waals surface area contributed by atoms with E-state index in [9.17, 15) is 4.57 Å². The fraction of sp³-hybridized carbons (Fsp3) is 0.333. The highest BCUT2D eigenvalue weighted by molar-refractivity contribution is 7.71. The van der Waals surface area contributed by atoms with E-state index in [4.69, 9.17) is 0 Å². The average molecular weight is 301 g/mol. The molecule has 0 heterocycles. The van der Waals surface area contributed by atoms with Crippen molar-refractivity contribution in [2.45, 2.75) is 38.9 Å². The van der Waals surface area contributed by atoms with Gasteiger partial charge in [-0.25, -0.2) is 0 Å². The van der Waals surface area contributed by atoms with Crippen LogP contribution in [0, 0.1) is 0 Å². The van der Waals surface area contributed by atoms with Gasteiger partial charge in [0.1, 0.15) is 0 Å². The summed E-state index contributed by atoms with van der Waals surface area (Å²) in [4.78, 5) is 0. The van der Waals surface area contributed by atoms with Crippen molar-refractivity contribution in [1.82, 2.24) is 5.09 Å². The van der Waals surface area contributed by atoms with Gasteiger partial charge in [0.25, 0.3) is 0 Å². The summed E-state index contributed by atoms with van der Waals surface area (Å²) in [5.41, 5.74) is 1.15. The number of nitrogens with one attached hydrogen (secondary N) is 1. The molecule has 0 saturated heterocycles. The lowest BCUT2D eigenvalue weighted by molar-refractivity contribution is 0.533. The van der Waals surface area contributed by atoms with Gasteiger partial charge in [-0.05, 0) is 12.5 Å². The second kappa shape index (κ2) is 6.17. The Kier molecular flexibility index (Phi) is 4.70. The van der Waals surface area contributed by atoms with Gasteiger partial charge in [0.2, 0.25) is 0 Å². The molecule has 0 aliphatic heterocycles. The third-order valence-corrected chi connectivity index (χ3v) is 7.41. The molecule has 0 aliphatic carbocycles. The number of hydrogen-bond donors (Lipinski definition) is 1. The Hall–Kier alpha value is -1.37. The molecule has 112 valence electrons. The Morgan fingerprint density at radius 3 is 1.86 bits per heavy atom. The van der Waals surface area contributed by atoms with Gasteiger partial charge < -0.3 is 4.57 Å². The lowest BCUT2D eigenvalue weighted by Gasteiger charge is -2.34. The third kappa shape index (κ3) is 3.45. The van der Waals surface area contributed by atoms with Gasteiger partial charge in [-0.3, -0.25) is 5.09 Å². The Bertz CT molecular complexity index is 617. The van der Waals surface area contributed by atoms with Gasteiger partial charge in [-0.2, -0.15) is 0 Å². The first kappa shape index (κ1) is 16.0. The Morgan fingerprint density at radius 1 is 0.905 bits per heavy atom. The minimum absolute atomic E-state index is 0.0384. The second-order valence-corrected chi connectivity index (χ2v) is 9.71. The van der Waals surface area contributed by atoms with Gasteiger partial charge in [0.05, 0.1) is 0 Å². The summed E-state index contributed by atoms with van der Waals surface area (Å²) in [6.07, 6.45) is 0. The Balaban J connectivity index is 2.37. The number of hydrogen-bond acceptors (Lipinski definition) is 1. The lowest BCUT2D eigenvalue weighted by atomic mass is 10.1. The highest BCUT2D eigenvalue weighted by Crippen LogP contribution is 2.54. The highest BCUT2D eigenvalue weighted by atomic mass is 31.2. The fourth-order valence-corrected chi connectivity index (χ4v) is 4.98. The first-order valence-electron chi connectivity index (χ1n) is 7.33. The molecule has 2 nitrogen and oxygen atoms in total. The predicted octanol–water partition coefficient (Wildman–Crippen LogP) is 4.74. The maximum Gasteiger partial charge on any atom is 0.181 e. The van der Waals surface area contributed by atoms with E-state index in [1.165, 1.54) is 0 Å². The first-order valence-corrected chi connectivity index (χ1v) is 9.04. The zero-order chi connectivity index (χ0) is 15.5. The predicted molar refractivity (Wildman–Crippen MR) is 91.4 cm³/mol. The zero-order valence-electron chi connectivity index (χ0n) is 13.2. The topological polar surface area (TPSA) is 29.1 Å². The summed E-state index contributed by atoms with van der Waals surface area (Å²) in [5, 5.41) is 3.97. The summed E-state index contributed by atoms with van der Waals surface area (Å²) in [7, 11) is -2.73. The maximum atomic E-state index is 13.7. The van der Waals surface area contributed by atoms with Crippen LogP contribution in [-0.2, 0) is 4.57 Å². The minimum Gasteiger partial charge on any atom is -0.301 e. The molecule has 3 heteroatoms. The summed E-state index contributed by atoms with van der Waals surface area (Å²) >= 11 is 0. The van der Waals surface area contributed by atoms with Crippen LogP contribution in [0.15, 0.2) is 60.7 Å². The van der Waals surface area contributed by atoms with Crippen molar-refractivity contribution < 1.29 is 4.57 Å². The van der Waals surface area contributed by atoms with Crippen LogP contribution in [0.4, 0.5) is 0 Å². The van der Waals surface area contributed by atoms with Crippen LogP contribution in [0.25, 0.3) is 0 Å². The molecule has 0 fully saturated rings. The Labute approximate surface area is 128 Å². The van der Waals surface area contributed by atoms with Crippen LogP contribution in [0.2, 0.25) is 0 Å². The smallest absolute Gasteiger partial charge is 0.181 e. The van der Waals surface area contributed by atoms with Crippen molar-refractivity contribution in [3.8, 4) is 0 Å². The van der Waals surface area contributed by atoms with Gasteiger partial charge in [-0.1, -0.05) is 81.4 Å². The molecular weight excluding hydrogens is 277 g/mol. The van der Waals surface area contributed by atoms with Crippen molar-refractivity contribution >= 4 is 12.6 Å². The summed E-state index contributed by atoms with van der Waals surface area (Å²) in [6, 6.07) is 19.9. The molecule has 0 amide bonds. The van der Waals surface area contributed by atoms with Crippen LogP contribution in [-0.4, -0.2) is 5.16 Å². The summed E-state index contributed by atoms with van der Waals surface area (Å²) < 4.78 is 13.7. The van der Waals surface area contributed by atoms with Gasteiger partial charge in [0, 0.05) is 16.5 Å². The minimum atomic E-state index is -2.73. The van der Waals surface area contributed by atoms with E-state index in [2.05, 4.69) is 24.1 Å². The highest BCUT2D eigenvalue weighted by Gasteiger charge is 2.39. The van der Waals surface area contributed by atoms with Crippen LogP contribution < -0.4 is 10.4 Å². The van der Waals surface area contributed by atoms with Crippen LogP contribution >= 0.6 is 7.29 Å². The molecule has 2 rings (SSSR count). The quantitative estimate of drug-likeness (QED) is 0.826. The van der Waals surface area contributed by atoms with E-state index in [1.807, 2.05) is 69.3 Å². The third-order valence-electron chi connectivity index (χ3n) is 3.74. The molecule has 0 aromatic heterocycles. The molecule has 0 radical (unpaired) electrons. The zero-order valence-corrected chi connectivity index (χ0v) is 14.1. The van der Waals surface area contributed by atoms with Crippen LogP contribution in [0.3, 0.4) is 0 Å². The molecular formula is C18H24NOP. The van der Waals surface area contributed by atoms with Crippen LogP contribution in [0.1, 0.15) is 39.3 Å². The Morgan fingerprint density at radius 2 is 1.38 bits per heavy atom. The van der Waals surface area contributed by atoms with E-state index in [0.29, 0.717) is 0 Å². The van der Waals surface area contributed by atoms with Crippen molar-refractivity contribution in [2.75, 3.05) is 0 Å². The maximum absolute atomic E-state index is 13.7. The molecule has 0 bridgehead atoms. The molecule has 2 atom stereocenters. The molecule has 0 aliphatic rings. The second-order valence-electron chi connectivity index (χ2n) is 6.38. The van der Waals surface area contributed by atoms with Gasteiger partial charge in [-0.15, -0.1) is 0 Å². The van der Waals surface area contributed by atoms with E-state index < -0.39 is 7.29 Å². The summed E-state index contributed by atoms with van der Waals surface area (Å²) in [6.45, 7) is 8.17. The first-order chi connectivity index (χ1) is 9.84. The normalized spacial score (nSPS) is 16.2. The molecule has 2 aromatic carbocycles. The molecule has 0 saturated carbocycles. The van der Waals surface area contributed by atoms with Crippen molar-refractivity contribution in [1.29, 1.82) is 0 Å². The van der Waals surface area contributed by atoms with E-state index >= 15 is 0 Å². The molecule has 1 unspecified atom stereocenters. The van der Waals surface area contributed by atoms with E-state index in [1.54, 1.807) is 0 Å². The molecule has 0 spiro atoms. The number of rotatable bonds is 4. The van der Waals surface area contributed by atoms with Crippen molar-refractivity contribution in [2.24, 2.45) is 0 Å². The average Bonchev–Trinajstić information content (AvgIpc) is 2.47. The summed E-state index contributed by atoms with van der Waals surface area (Å²) in [5.74, 6) is 0. The van der Waals surface area contributed by atoms with Crippen molar-refractivity contribution in [3.05, 3.63) is 66.2 Å². The van der Waals surface area contributed by atoms with E-state index in [0.717, 1.165) is 10.9 Å². The van der Waals surface area contributed by atoms with Gasteiger partial charge in [0.15, 0.2) is 7.29 Å². The van der Waals surface area contributed by atoms with Crippen molar-refractivity contribution in [3.63, 3.8) is 0 Å². The molecule has 1 N–H and O–H groups in total. The lowest BCUT2D eigenvalue weighted by Crippen LogP contribution is -2.34. The molecule has 21 heavy (non-hydrogen) atoms.